The third-order valence-corrected chi connectivity index (χ3v) is 8.60. The lowest BCUT2D eigenvalue weighted by Gasteiger charge is -2.41. The maximum absolute atomic E-state index is 15.7. The number of carbonyl (C=O) groups is 2. The van der Waals surface area contributed by atoms with Crippen molar-refractivity contribution in [2.75, 3.05) is 5.32 Å². The minimum absolute atomic E-state index is 0.0435. The number of nitrogens with one attached hydrogen (secondary N) is 2. The number of ketones is 1. The van der Waals surface area contributed by atoms with Gasteiger partial charge in [-0.2, -0.15) is 0 Å². The van der Waals surface area contributed by atoms with Gasteiger partial charge in [0, 0.05) is 30.1 Å². The van der Waals surface area contributed by atoms with Gasteiger partial charge in [-0.25, -0.2) is 13.2 Å². The lowest BCUT2D eigenvalue weighted by Crippen LogP contribution is -2.49. The van der Waals surface area contributed by atoms with Crippen LogP contribution >= 0.6 is 11.6 Å². The molecule has 5 nitrogen and oxygen atoms in total. The van der Waals surface area contributed by atoms with Crippen molar-refractivity contribution in [2.24, 2.45) is 11.3 Å². The number of rotatable bonds is 5. The summed E-state index contributed by atoms with van der Waals surface area (Å²) in [5.41, 5.74) is -2.41. The summed E-state index contributed by atoms with van der Waals surface area (Å²) in [5, 5.41) is 16.1. The fraction of sp³-hybridized carbons (Fsp3) is 0.517. The van der Waals surface area contributed by atoms with E-state index in [1.807, 2.05) is 20.8 Å². The molecule has 4 atom stereocenters. The third-order valence-electron chi connectivity index (χ3n) is 8.31. The summed E-state index contributed by atoms with van der Waals surface area (Å²) in [6, 6.07) is 4.66. The van der Waals surface area contributed by atoms with Crippen LogP contribution in [0.5, 0.6) is 0 Å². The molecule has 2 heterocycles. The lowest BCUT2D eigenvalue weighted by atomic mass is 9.61. The molecule has 0 radical (unpaired) electrons. The van der Waals surface area contributed by atoms with Crippen LogP contribution in [-0.2, 0) is 15.0 Å². The first-order valence-electron chi connectivity index (χ1n) is 12.9. The van der Waals surface area contributed by atoms with Crippen LogP contribution in [0.25, 0.3) is 0 Å². The Balaban J connectivity index is 1.71. The molecule has 1 spiro atoms. The van der Waals surface area contributed by atoms with Crippen molar-refractivity contribution < 1.29 is 27.9 Å². The van der Waals surface area contributed by atoms with E-state index >= 15 is 4.39 Å². The summed E-state index contributed by atoms with van der Waals surface area (Å²) in [6.45, 7) is 7.64. The highest BCUT2D eigenvalue weighted by Crippen LogP contribution is 2.57. The van der Waals surface area contributed by atoms with Gasteiger partial charge in [-0.05, 0) is 60.8 Å². The van der Waals surface area contributed by atoms with Gasteiger partial charge in [-0.3, -0.25) is 9.59 Å². The maximum Gasteiger partial charge on any atom is 0.237 e. The predicted molar refractivity (Wildman–Crippen MR) is 139 cm³/mol. The van der Waals surface area contributed by atoms with E-state index < -0.39 is 52.4 Å². The molecule has 9 heteroatoms. The average molecular weight is 549 g/mol. The van der Waals surface area contributed by atoms with Crippen LogP contribution in [0.2, 0.25) is 5.02 Å². The first-order chi connectivity index (χ1) is 17.6. The molecule has 38 heavy (non-hydrogen) atoms. The molecule has 1 saturated carbocycles. The van der Waals surface area contributed by atoms with E-state index in [2.05, 4.69) is 10.6 Å². The second kappa shape index (κ2) is 9.07. The van der Waals surface area contributed by atoms with E-state index in [-0.39, 0.29) is 45.4 Å². The maximum atomic E-state index is 15.7. The summed E-state index contributed by atoms with van der Waals surface area (Å²) in [7, 11) is 0. The van der Waals surface area contributed by atoms with E-state index in [0.29, 0.717) is 19.3 Å². The van der Waals surface area contributed by atoms with Crippen molar-refractivity contribution in [2.45, 2.75) is 82.4 Å². The lowest BCUT2D eigenvalue weighted by molar-refractivity contribution is -0.126. The van der Waals surface area contributed by atoms with Crippen LogP contribution < -0.4 is 10.6 Å². The summed E-state index contributed by atoms with van der Waals surface area (Å²) < 4.78 is 44.7. The number of carbonyl (C=O) groups excluding carboxylic acids is 2. The molecule has 5 rings (SSSR count). The highest BCUT2D eigenvalue weighted by Gasteiger charge is 2.66. The largest absolute Gasteiger partial charge is 0.390 e. The monoisotopic (exact) mass is 548 g/mol. The predicted octanol–water partition coefficient (Wildman–Crippen LogP) is 5.63. The second-order valence-corrected chi connectivity index (χ2v) is 13.1. The number of fused-ring (bicyclic) bond motifs is 2. The molecular weight excluding hydrogens is 517 g/mol. The van der Waals surface area contributed by atoms with E-state index in [0.717, 1.165) is 12.1 Å². The Hall–Kier alpha value is -2.42. The summed E-state index contributed by atoms with van der Waals surface area (Å²) in [4.78, 5) is 27.9. The normalized spacial score (nSPS) is 32.3. The quantitative estimate of drug-likeness (QED) is 0.453. The van der Waals surface area contributed by atoms with E-state index in [1.165, 1.54) is 12.1 Å². The van der Waals surface area contributed by atoms with Crippen molar-refractivity contribution in [3.8, 4) is 0 Å². The van der Waals surface area contributed by atoms with Crippen molar-refractivity contribution >= 4 is 29.0 Å². The second-order valence-electron chi connectivity index (χ2n) is 12.7. The Labute approximate surface area is 225 Å². The zero-order valence-electron chi connectivity index (χ0n) is 21.8. The molecule has 3 aliphatic rings. The van der Waals surface area contributed by atoms with Crippen molar-refractivity contribution in [3.05, 3.63) is 63.9 Å². The van der Waals surface area contributed by atoms with Crippen molar-refractivity contribution in [3.63, 3.8) is 0 Å². The van der Waals surface area contributed by atoms with E-state index in [4.69, 9.17) is 11.6 Å². The first-order valence-corrected chi connectivity index (χ1v) is 13.3. The molecule has 3 N–H and O–H groups in total. The van der Waals surface area contributed by atoms with Crippen LogP contribution in [0, 0.1) is 28.8 Å². The molecular formula is C29H32ClF3N2O3. The molecule has 0 bridgehead atoms. The van der Waals surface area contributed by atoms with Gasteiger partial charge in [0.1, 0.15) is 11.2 Å². The first kappa shape index (κ1) is 27.2. The summed E-state index contributed by atoms with van der Waals surface area (Å²) >= 11 is 6.17. The Bertz CT molecular complexity index is 1320. The Morgan fingerprint density at radius 3 is 2.45 bits per heavy atom. The summed E-state index contributed by atoms with van der Waals surface area (Å²) in [5.74, 6) is -4.91. The van der Waals surface area contributed by atoms with Crippen LogP contribution in [0.15, 0.2) is 30.3 Å². The topological polar surface area (TPSA) is 78.4 Å². The Kier molecular flexibility index (Phi) is 6.48. The molecule has 0 aromatic heterocycles. The van der Waals surface area contributed by atoms with Crippen LogP contribution in [0.3, 0.4) is 0 Å². The smallest absolute Gasteiger partial charge is 0.237 e. The van der Waals surface area contributed by atoms with Gasteiger partial charge in [0.25, 0.3) is 0 Å². The number of halogens is 4. The standard InChI is InChI=1S/C29H32ClF3N2O3/c1-27(2,3)13-22-29(16-9-18(31)19(32)10-20(16)34-26(29)37)23(15-6-5-7-17(30)24(15)33)25(35-22)21(36)8-14-11-28(4,38)12-14/h5-7,9-10,14,22-23,25,35,38H,8,11-13H2,1-4H3,(H,34,37)/t14?,22-,23-,25-,28?,29+/m0/s1. The molecule has 1 saturated heterocycles. The number of Topliss-reactive ketones (excluding diaryl/α,β-unsaturated/α-hetero) is 1. The Morgan fingerprint density at radius 1 is 1.16 bits per heavy atom. The zero-order valence-corrected chi connectivity index (χ0v) is 22.6. The van der Waals surface area contributed by atoms with E-state index in [9.17, 15) is 23.5 Å². The van der Waals surface area contributed by atoms with Gasteiger partial charge in [-0.15, -0.1) is 0 Å². The van der Waals surface area contributed by atoms with Gasteiger partial charge in [0.15, 0.2) is 17.4 Å². The molecule has 2 aromatic carbocycles. The number of hydrogen-bond acceptors (Lipinski definition) is 4. The minimum Gasteiger partial charge on any atom is -0.390 e. The molecule has 1 amide bonds. The van der Waals surface area contributed by atoms with E-state index in [1.54, 1.807) is 13.0 Å². The average Bonchev–Trinajstić information content (AvgIpc) is 3.24. The highest BCUT2D eigenvalue weighted by molar-refractivity contribution is 6.30. The van der Waals surface area contributed by atoms with Gasteiger partial charge in [-0.1, -0.05) is 44.5 Å². The Morgan fingerprint density at radius 2 is 1.82 bits per heavy atom. The fourth-order valence-corrected chi connectivity index (χ4v) is 7.14. The fourth-order valence-electron chi connectivity index (χ4n) is 6.96. The SMILES string of the molecule is CC(C)(C)C[C@@H]1N[C@@H](C(=O)CC2CC(C)(O)C2)[C@H](c2cccc(Cl)c2F)[C@]12C(=O)Nc1cc(F)c(F)cc12. The summed E-state index contributed by atoms with van der Waals surface area (Å²) in [6.07, 6.45) is 1.45. The number of hydrogen-bond donors (Lipinski definition) is 3. The number of benzene rings is 2. The van der Waals surface area contributed by atoms with Crippen LogP contribution in [0.4, 0.5) is 18.9 Å². The van der Waals surface area contributed by atoms with Crippen molar-refractivity contribution in [1.82, 2.24) is 5.32 Å². The molecule has 2 fully saturated rings. The highest BCUT2D eigenvalue weighted by atomic mass is 35.5. The third kappa shape index (κ3) is 4.34. The number of aliphatic hydroxyl groups is 1. The van der Waals surface area contributed by atoms with Crippen LogP contribution in [0.1, 0.15) is 70.4 Å². The minimum atomic E-state index is -1.60. The number of anilines is 1. The number of amides is 1. The molecule has 0 unspecified atom stereocenters. The molecule has 1 aliphatic carbocycles. The van der Waals surface area contributed by atoms with Gasteiger partial charge < -0.3 is 15.7 Å². The van der Waals surface area contributed by atoms with Crippen molar-refractivity contribution in [1.29, 1.82) is 0 Å². The van der Waals surface area contributed by atoms with Gasteiger partial charge in [0.05, 0.1) is 16.7 Å². The zero-order chi connectivity index (χ0) is 27.8. The molecule has 2 aliphatic heterocycles. The molecule has 2 aromatic rings. The molecule has 204 valence electrons. The van der Waals surface area contributed by atoms with Gasteiger partial charge >= 0.3 is 0 Å². The van der Waals surface area contributed by atoms with Crippen LogP contribution in [-0.4, -0.2) is 34.5 Å². The van der Waals surface area contributed by atoms with Gasteiger partial charge in [0.2, 0.25) is 5.91 Å².